The summed E-state index contributed by atoms with van der Waals surface area (Å²) in [5.74, 6) is 1.04. The Morgan fingerprint density at radius 1 is 1.56 bits per heavy atom. The summed E-state index contributed by atoms with van der Waals surface area (Å²) in [5.41, 5.74) is 0. The lowest BCUT2D eigenvalue weighted by Gasteiger charge is -2.36. The van der Waals surface area contributed by atoms with Crippen LogP contribution in [0.15, 0.2) is 22.8 Å². The van der Waals surface area contributed by atoms with Gasteiger partial charge in [0.25, 0.3) is 0 Å². The molecule has 88 valence electrons. The molecule has 0 spiro atoms. The van der Waals surface area contributed by atoms with Crippen molar-refractivity contribution >= 4 is 21.7 Å². The zero-order chi connectivity index (χ0) is 11.5. The van der Waals surface area contributed by atoms with E-state index in [-0.39, 0.29) is 0 Å². The van der Waals surface area contributed by atoms with E-state index in [2.05, 4.69) is 44.8 Å². The van der Waals surface area contributed by atoms with Crippen molar-refractivity contribution in [3.63, 3.8) is 0 Å². The SMILES string of the molecule is CN1CCCC(N(C)c2ncccc2Br)C1. The van der Waals surface area contributed by atoms with Gasteiger partial charge in [-0.2, -0.15) is 0 Å². The number of anilines is 1. The summed E-state index contributed by atoms with van der Waals surface area (Å²) in [4.78, 5) is 9.12. The van der Waals surface area contributed by atoms with Crippen LogP contribution in [0.2, 0.25) is 0 Å². The molecule has 0 bridgehead atoms. The van der Waals surface area contributed by atoms with Gasteiger partial charge in [-0.1, -0.05) is 0 Å². The molecule has 1 atom stereocenters. The van der Waals surface area contributed by atoms with E-state index in [1.165, 1.54) is 19.4 Å². The number of hydrogen-bond donors (Lipinski definition) is 0. The van der Waals surface area contributed by atoms with Gasteiger partial charge in [-0.25, -0.2) is 4.98 Å². The maximum Gasteiger partial charge on any atom is 0.142 e. The van der Waals surface area contributed by atoms with E-state index in [1.54, 1.807) is 0 Å². The van der Waals surface area contributed by atoms with Gasteiger partial charge in [0.2, 0.25) is 0 Å². The molecular formula is C12H18BrN3. The van der Waals surface area contributed by atoms with E-state index in [0.717, 1.165) is 16.8 Å². The van der Waals surface area contributed by atoms with Crippen molar-refractivity contribution in [1.29, 1.82) is 0 Å². The fourth-order valence-corrected chi connectivity index (χ4v) is 2.80. The van der Waals surface area contributed by atoms with E-state index < -0.39 is 0 Å². The van der Waals surface area contributed by atoms with Crippen LogP contribution in [0.5, 0.6) is 0 Å². The van der Waals surface area contributed by atoms with Gasteiger partial charge < -0.3 is 9.80 Å². The molecule has 0 saturated carbocycles. The minimum absolute atomic E-state index is 0.574. The molecule has 0 aromatic carbocycles. The first kappa shape index (κ1) is 11.9. The highest BCUT2D eigenvalue weighted by Gasteiger charge is 2.22. The zero-order valence-corrected chi connectivity index (χ0v) is 11.4. The largest absolute Gasteiger partial charge is 0.354 e. The Labute approximate surface area is 106 Å². The predicted molar refractivity (Wildman–Crippen MR) is 70.9 cm³/mol. The molecule has 1 fully saturated rings. The Bertz CT molecular complexity index is 356. The first-order chi connectivity index (χ1) is 7.68. The van der Waals surface area contributed by atoms with Gasteiger partial charge in [0.05, 0.1) is 4.47 Å². The van der Waals surface area contributed by atoms with E-state index in [0.29, 0.717) is 6.04 Å². The Kier molecular flexibility index (Phi) is 3.82. The number of rotatable bonds is 2. The molecule has 4 heteroatoms. The fraction of sp³-hybridized carbons (Fsp3) is 0.583. The maximum absolute atomic E-state index is 4.44. The lowest BCUT2D eigenvalue weighted by molar-refractivity contribution is 0.247. The molecule has 0 N–H and O–H groups in total. The first-order valence-corrected chi connectivity index (χ1v) is 6.49. The van der Waals surface area contributed by atoms with Gasteiger partial charge in [0.1, 0.15) is 5.82 Å². The van der Waals surface area contributed by atoms with Crippen LogP contribution in [-0.2, 0) is 0 Å². The number of likely N-dealkylation sites (N-methyl/N-ethyl adjacent to an activating group) is 2. The van der Waals surface area contributed by atoms with Gasteiger partial charge in [-0.05, 0) is 54.5 Å². The van der Waals surface area contributed by atoms with Crippen molar-refractivity contribution in [2.45, 2.75) is 18.9 Å². The van der Waals surface area contributed by atoms with Crippen LogP contribution in [-0.4, -0.2) is 43.1 Å². The van der Waals surface area contributed by atoms with Crippen LogP contribution in [0, 0.1) is 0 Å². The van der Waals surface area contributed by atoms with Crippen LogP contribution in [0.4, 0.5) is 5.82 Å². The molecule has 3 nitrogen and oxygen atoms in total. The number of hydrogen-bond acceptors (Lipinski definition) is 3. The summed E-state index contributed by atoms with van der Waals surface area (Å²) in [5, 5.41) is 0. The smallest absolute Gasteiger partial charge is 0.142 e. The predicted octanol–water partition coefficient (Wildman–Crippen LogP) is 2.37. The van der Waals surface area contributed by atoms with Gasteiger partial charge >= 0.3 is 0 Å². The average molecular weight is 284 g/mol. The molecule has 0 aliphatic carbocycles. The molecule has 1 saturated heterocycles. The highest BCUT2D eigenvalue weighted by Crippen LogP contribution is 2.26. The van der Waals surface area contributed by atoms with Crippen LogP contribution in [0.1, 0.15) is 12.8 Å². The molecule has 1 aromatic rings. The quantitative estimate of drug-likeness (QED) is 0.831. The molecule has 1 unspecified atom stereocenters. The van der Waals surface area contributed by atoms with Crippen molar-refractivity contribution in [3.8, 4) is 0 Å². The van der Waals surface area contributed by atoms with Gasteiger partial charge in [-0.3, -0.25) is 0 Å². The van der Waals surface area contributed by atoms with Gasteiger partial charge in [0, 0.05) is 25.8 Å². The van der Waals surface area contributed by atoms with Crippen molar-refractivity contribution in [2.24, 2.45) is 0 Å². The van der Waals surface area contributed by atoms with Gasteiger partial charge in [0.15, 0.2) is 0 Å². The summed E-state index contributed by atoms with van der Waals surface area (Å²) in [6.07, 6.45) is 4.38. The Morgan fingerprint density at radius 2 is 2.38 bits per heavy atom. The molecule has 2 rings (SSSR count). The summed E-state index contributed by atoms with van der Waals surface area (Å²) in [6.45, 7) is 2.34. The molecule has 1 aliphatic heterocycles. The van der Waals surface area contributed by atoms with E-state index >= 15 is 0 Å². The molecule has 16 heavy (non-hydrogen) atoms. The topological polar surface area (TPSA) is 19.4 Å². The lowest BCUT2D eigenvalue weighted by Crippen LogP contribution is -2.45. The van der Waals surface area contributed by atoms with Crippen molar-refractivity contribution < 1.29 is 0 Å². The third kappa shape index (κ3) is 2.55. The third-order valence-electron chi connectivity index (χ3n) is 3.22. The summed E-state index contributed by atoms with van der Waals surface area (Å²) >= 11 is 3.56. The average Bonchev–Trinajstić information content (AvgIpc) is 2.29. The second kappa shape index (κ2) is 5.15. The van der Waals surface area contributed by atoms with Crippen LogP contribution >= 0.6 is 15.9 Å². The van der Waals surface area contributed by atoms with E-state index in [9.17, 15) is 0 Å². The van der Waals surface area contributed by atoms with Crippen molar-refractivity contribution in [2.75, 3.05) is 32.1 Å². The number of likely N-dealkylation sites (tertiary alicyclic amines) is 1. The highest BCUT2D eigenvalue weighted by molar-refractivity contribution is 9.10. The molecule has 2 heterocycles. The highest BCUT2D eigenvalue weighted by atomic mass is 79.9. The van der Waals surface area contributed by atoms with Crippen molar-refractivity contribution in [3.05, 3.63) is 22.8 Å². The number of piperidine rings is 1. The minimum atomic E-state index is 0.574. The fourth-order valence-electron chi connectivity index (χ4n) is 2.27. The number of halogens is 1. The summed E-state index contributed by atoms with van der Waals surface area (Å²) in [6, 6.07) is 4.57. The molecule has 1 aromatic heterocycles. The van der Waals surface area contributed by atoms with Gasteiger partial charge in [-0.15, -0.1) is 0 Å². The van der Waals surface area contributed by atoms with Crippen LogP contribution in [0.3, 0.4) is 0 Å². The normalized spacial score (nSPS) is 22.1. The second-order valence-electron chi connectivity index (χ2n) is 4.48. The maximum atomic E-state index is 4.44. The molecule has 1 aliphatic rings. The number of pyridine rings is 1. The van der Waals surface area contributed by atoms with Crippen LogP contribution < -0.4 is 4.90 Å². The summed E-state index contributed by atoms with van der Waals surface area (Å²) < 4.78 is 1.07. The second-order valence-corrected chi connectivity index (χ2v) is 5.33. The Hall–Kier alpha value is -0.610. The zero-order valence-electron chi connectivity index (χ0n) is 9.86. The van der Waals surface area contributed by atoms with Crippen LogP contribution in [0.25, 0.3) is 0 Å². The Balaban J connectivity index is 2.12. The molecule has 0 amide bonds. The number of nitrogens with zero attached hydrogens (tertiary/aromatic N) is 3. The lowest BCUT2D eigenvalue weighted by atomic mass is 10.1. The molecule has 0 radical (unpaired) electrons. The van der Waals surface area contributed by atoms with E-state index in [4.69, 9.17) is 0 Å². The van der Waals surface area contributed by atoms with E-state index in [1.807, 2.05) is 18.3 Å². The monoisotopic (exact) mass is 283 g/mol. The number of aromatic nitrogens is 1. The molecular weight excluding hydrogens is 266 g/mol. The third-order valence-corrected chi connectivity index (χ3v) is 3.84. The summed E-state index contributed by atoms with van der Waals surface area (Å²) in [7, 11) is 4.32. The standard InChI is InChI=1S/C12H18BrN3/c1-15-8-4-5-10(9-15)16(2)12-11(13)6-3-7-14-12/h3,6-7,10H,4-5,8-9H2,1-2H3. The first-order valence-electron chi connectivity index (χ1n) is 5.70. The Morgan fingerprint density at radius 3 is 3.06 bits per heavy atom. The minimum Gasteiger partial charge on any atom is -0.354 e. The van der Waals surface area contributed by atoms with Crippen molar-refractivity contribution in [1.82, 2.24) is 9.88 Å².